The lowest BCUT2D eigenvalue weighted by Gasteiger charge is -2.30. The summed E-state index contributed by atoms with van der Waals surface area (Å²) < 4.78 is 15.2. The Hall–Kier alpha value is -2.54. The molecule has 1 amide bonds. The van der Waals surface area contributed by atoms with Gasteiger partial charge in [0.2, 0.25) is 0 Å². The molecular weight excluding hydrogens is 375 g/mol. The number of aryl methyl sites for hydroxylation is 1. The summed E-state index contributed by atoms with van der Waals surface area (Å²) in [6.07, 6.45) is 2.67. The van der Waals surface area contributed by atoms with Crippen LogP contribution in [-0.2, 0) is 18.5 Å². The maximum absolute atomic E-state index is 13.2. The number of halogens is 1. The smallest absolute Gasteiger partial charge is 0.266 e. The van der Waals surface area contributed by atoms with E-state index in [0.717, 1.165) is 22.6 Å². The second kappa shape index (κ2) is 6.81. The highest BCUT2D eigenvalue weighted by atomic mass is 32.1. The van der Waals surface area contributed by atoms with Crippen molar-refractivity contribution in [2.45, 2.75) is 46.2 Å². The van der Waals surface area contributed by atoms with Gasteiger partial charge < -0.3 is 4.90 Å². The Kier molecular flexibility index (Phi) is 4.57. The van der Waals surface area contributed by atoms with Crippen LogP contribution in [0.4, 0.5) is 4.39 Å². The van der Waals surface area contributed by atoms with Crippen molar-refractivity contribution in [3.05, 3.63) is 58.1 Å². The van der Waals surface area contributed by atoms with E-state index < -0.39 is 0 Å². The zero-order valence-corrected chi connectivity index (χ0v) is 17.3. The van der Waals surface area contributed by atoms with Crippen molar-refractivity contribution in [3.63, 3.8) is 0 Å². The maximum Gasteiger partial charge on any atom is 0.266 e. The summed E-state index contributed by atoms with van der Waals surface area (Å²) in [4.78, 5) is 20.2. The molecule has 0 unspecified atom stereocenters. The second-order valence-electron chi connectivity index (χ2n) is 8.12. The number of hydrogen-bond donors (Lipinski definition) is 0. The molecule has 3 aromatic rings. The number of nitrogens with zero attached hydrogens (tertiary/aromatic N) is 4. The summed E-state index contributed by atoms with van der Waals surface area (Å²) in [5.41, 5.74) is 3.78. The molecule has 0 fully saturated rings. The van der Waals surface area contributed by atoms with Crippen LogP contribution in [0.3, 0.4) is 0 Å². The summed E-state index contributed by atoms with van der Waals surface area (Å²) in [5, 5.41) is 5.28. The number of rotatable bonds is 2. The average molecular weight is 399 g/mol. The van der Waals surface area contributed by atoms with Gasteiger partial charge in [-0.1, -0.05) is 0 Å². The van der Waals surface area contributed by atoms with Crippen LogP contribution in [0.2, 0.25) is 0 Å². The maximum atomic E-state index is 13.2. The van der Waals surface area contributed by atoms with E-state index in [4.69, 9.17) is 0 Å². The quantitative estimate of drug-likeness (QED) is 0.643. The second-order valence-corrected chi connectivity index (χ2v) is 9.12. The molecule has 7 heteroatoms. The van der Waals surface area contributed by atoms with E-state index in [1.807, 2.05) is 18.0 Å². The average Bonchev–Trinajstić information content (AvgIpc) is 3.24. The topological polar surface area (TPSA) is 51.0 Å². The van der Waals surface area contributed by atoms with Gasteiger partial charge in [-0.2, -0.15) is 5.10 Å². The summed E-state index contributed by atoms with van der Waals surface area (Å²) >= 11 is 1.37. The number of aromatic nitrogens is 3. The molecular formula is C21H23FN4OS. The first-order valence-corrected chi connectivity index (χ1v) is 10.1. The fourth-order valence-corrected chi connectivity index (χ4v) is 4.58. The molecule has 1 aliphatic rings. The Morgan fingerprint density at radius 1 is 1.21 bits per heavy atom. The lowest BCUT2D eigenvalue weighted by atomic mass is 10.0. The Bertz CT molecular complexity index is 1030. The minimum Gasteiger partial charge on any atom is -0.333 e. The predicted molar refractivity (Wildman–Crippen MR) is 108 cm³/mol. The molecule has 0 N–H and O–H groups in total. The molecule has 1 aromatic carbocycles. The van der Waals surface area contributed by atoms with Crippen molar-refractivity contribution in [2.24, 2.45) is 0 Å². The number of carbonyl (C=O) groups excluding carboxylic acids is 1. The van der Waals surface area contributed by atoms with E-state index in [9.17, 15) is 9.18 Å². The molecule has 4 rings (SSSR count). The van der Waals surface area contributed by atoms with Crippen LogP contribution in [0.15, 0.2) is 30.5 Å². The highest BCUT2D eigenvalue weighted by molar-refractivity contribution is 7.17. The molecule has 0 saturated heterocycles. The number of hydrogen-bond acceptors (Lipinski definition) is 4. The van der Waals surface area contributed by atoms with Crippen LogP contribution in [-0.4, -0.2) is 32.1 Å². The molecule has 0 spiro atoms. The van der Waals surface area contributed by atoms with Crippen LogP contribution in [0.25, 0.3) is 10.6 Å². The van der Waals surface area contributed by atoms with Gasteiger partial charge in [0.15, 0.2) is 0 Å². The van der Waals surface area contributed by atoms with Crippen LogP contribution in [0, 0.1) is 12.7 Å². The van der Waals surface area contributed by atoms with Gasteiger partial charge in [0.1, 0.15) is 15.7 Å². The Labute approximate surface area is 167 Å². The number of benzene rings is 1. The molecule has 0 radical (unpaired) electrons. The zero-order chi connectivity index (χ0) is 20.1. The Balaban J connectivity index is 1.57. The van der Waals surface area contributed by atoms with Crippen molar-refractivity contribution in [1.82, 2.24) is 19.7 Å². The van der Waals surface area contributed by atoms with Crippen molar-refractivity contribution in [2.75, 3.05) is 6.54 Å². The van der Waals surface area contributed by atoms with Gasteiger partial charge in [-0.3, -0.25) is 9.48 Å². The molecule has 28 heavy (non-hydrogen) atoms. The molecule has 0 aliphatic carbocycles. The SMILES string of the molecule is Cc1nc(-c2ccc(F)cc2)sc1C(=O)N1CCc2c(cnn2C(C)(C)C)C1. The van der Waals surface area contributed by atoms with Crippen molar-refractivity contribution in [1.29, 1.82) is 0 Å². The largest absolute Gasteiger partial charge is 0.333 e. The molecule has 146 valence electrons. The van der Waals surface area contributed by atoms with Gasteiger partial charge >= 0.3 is 0 Å². The Morgan fingerprint density at radius 3 is 2.61 bits per heavy atom. The van der Waals surface area contributed by atoms with Crippen LogP contribution < -0.4 is 0 Å². The van der Waals surface area contributed by atoms with Crippen molar-refractivity contribution in [3.8, 4) is 10.6 Å². The van der Waals surface area contributed by atoms with E-state index in [1.165, 1.54) is 29.2 Å². The number of thiazole rings is 1. The first-order chi connectivity index (χ1) is 13.2. The standard InChI is InChI=1S/C21H23FN4OS/c1-13-18(28-19(24-13)14-5-7-16(22)8-6-14)20(27)25-10-9-17-15(12-25)11-23-26(17)21(2,3)4/h5-8,11H,9-10,12H2,1-4H3. The molecule has 5 nitrogen and oxygen atoms in total. The molecule has 0 atom stereocenters. The van der Waals surface area contributed by atoms with E-state index in [1.54, 1.807) is 12.1 Å². The molecule has 3 heterocycles. The molecule has 1 aliphatic heterocycles. The number of fused-ring (bicyclic) bond motifs is 1. The number of amides is 1. The van der Waals surface area contributed by atoms with E-state index >= 15 is 0 Å². The van der Waals surface area contributed by atoms with Gasteiger partial charge in [0.25, 0.3) is 5.91 Å². The fourth-order valence-electron chi connectivity index (χ4n) is 3.54. The highest BCUT2D eigenvalue weighted by Crippen LogP contribution is 2.31. The lowest BCUT2D eigenvalue weighted by molar-refractivity contribution is 0.0736. The third kappa shape index (κ3) is 3.35. The predicted octanol–water partition coefficient (Wildman–Crippen LogP) is 4.41. The van der Waals surface area contributed by atoms with Gasteiger partial charge in [-0.15, -0.1) is 11.3 Å². The summed E-state index contributed by atoms with van der Waals surface area (Å²) in [5.74, 6) is -0.286. The number of carbonyl (C=O) groups is 1. The van der Waals surface area contributed by atoms with E-state index in [-0.39, 0.29) is 17.3 Å². The zero-order valence-electron chi connectivity index (χ0n) is 16.5. The van der Waals surface area contributed by atoms with Gasteiger partial charge in [0.05, 0.1) is 17.4 Å². The highest BCUT2D eigenvalue weighted by Gasteiger charge is 2.29. The van der Waals surface area contributed by atoms with Crippen LogP contribution >= 0.6 is 11.3 Å². The first-order valence-electron chi connectivity index (χ1n) is 9.33. The molecule has 0 bridgehead atoms. The van der Waals surface area contributed by atoms with Gasteiger partial charge in [0, 0.05) is 36.3 Å². The monoisotopic (exact) mass is 398 g/mol. The van der Waals surface area contributed by atoms with Crippen LogP contribution in [0.1, 0.15) is 47.4 Å². The van der Waals surface area contributed by atoms with Gasteiger partial charge in [-0.25, -0.2) is 9.37 Å². The minimum atomic E-state index is -0.284. The molecule has 2 aromatic heterocycles. The summed E-state index contributed by atoms with van der Waals surface area (Å²) in [6, 6.07) is 6.20. The summed E-state index contributed by atoms with van der Waals surface area (Å²) in [6.45, 7) is 9.48. The van der Waals surface area contributed by atoms with E-state index in [2.05, 4.69) is 35.5 Å². The third-order valence-corrected chi connectivity index (χ3v) is 6.13. The Morgan fingerprint density at radius 2 is 1.93 bits per heavy atom. The van der Waals surface area contributed by atoms with Gasteiger partial charge in [-0.05, 0) is 52.0 Å². The normalized spacial score (nSPS) is 14.2. The molecule has 0 saturated carbocycles. The minimum absolute atomic E-state index is 0.00230. The lowest BCUT2D eigenvalue weighted by Crippen LogP contribution is -2.37. The van der Waals surface area contributed by atoms with Crippen molar-refractivity contribution >= 4 is 17.2 Å². The third-order valence-electron chi connectivity index (χ3n) is 4.94. The fraction of sp³-hybridized carbons (Fsp3) is 0.381. The van der Waals surface area contributed by atoms with E-state index in [0.29, 0.717) is 23.7 Å². The first kappa shape index (κ1) is 18.8. The summed E-state index contributed by atoms with van der Waals surface area (Å²) in [7, 11) is 0. The van der Waals surface area contributed by atoms with Crippen molar-refractivity contribution < 1.29 is 9.18 Å². The van der Waals surface area contributed by atoms with Crippen LogP contribution in [0.5, 0.6) is 0 Å².